The summed E-state index contributed by atoms with van der Waals surface area (Å²) in [5, 5.41) is 8.18. The minimum atomic E-state index is 0.0277. The molecule has 2 aromatic rings. The summed E-state index contributed by atoms with van der Waals surface area (Å²) in [5.74, 6) is 0. The van der Waals surface area contributed by atoms with Crippen LogP contribution in [0.15, 0.2) is 30.5 Å². The molecular weight excluding hydrogens is 260 g/mol. The molecule has 2 rings (SSSR count). The van der Waals surface area contributed by atoms with Gasteiger partial charge in [-0.1, -0.05) is 23.7 Å². The maximum absolute atomic E-state index is 6.24. The zero-order valence-electron chi connectivity index (χ0n) is 11.7. The van der Waals surface area contributed by atoms with Gasteiger partial charge in [0, 0.05) is 26.8 Å². The zero-order chi connectivity index (χ0) is 14.0. The number of hydrogen-bond acceptors (Lipinski definition) is 3. The fraction of sp³-hybridized carbons (Fsp3) is 0.357. The Bertz CT molecular complexity index is 543. The number of halogens is 1. The van der Waals surface area contributed by atoms with Crippen LogP contribution in [-0.2, 0) is 7.05 Å². The Kier molecular flexibility index (Phi) is 4.12. The van der Waals surface area contributed by atoms with Gasteiger partial charge in [0.15, 0.2) is 0 Å². The number of anilines is 1. The maximum atomic E-state index is 6.24. The summed E-state index contributed by atoms with van der Waals surface area (Å²) >= 11 is 6.24. The summed E-state index contributed by atoms with van der Waals surface area (Å²) in [7, 11) is 7.90. The molecule has 1 N–H and O–H groups in total. The molecule has 0 aliphatic carbocycles. The molecule has 0 radical (unpaired) electrons. The standard InChI is InChI=1S/C14H19ClN4/c1-16-13(14-12(15)9-17-19(14)4)10-6-5-7-11(8-10)18(2)3/h5-9,13,16H,1-4H3. The summed E-state index contributed by atoms with van der Waals surface area (Å²) in [6.45, 7) is 0. The molecule has 0 spiro atoms. The summed E-state index contributed by atoms with van der Waals surface area (Å²) in [6, 6.07) is 8.42. The van der Waals surface area contributed by atoms with Crippen molar-refractivity contribution < 1.29 is 0 Å². The van der Waals surface area contributed by atoms with Crippen molar-refractivity contribution in [2.45, 2.75) is 6.04 Å². The number of nitrogens with zero attached hydrogens (tertiary/aromatic N) is 3. The van der Waals surface area contributed by atoms with Crippen LogP contribution in [-0.4, -0.2) is 30.9 Å². The topological polar surface area (TPSA) is 33.1 Å². The molecule has 0 saturated heterocycles. The van der Waals surface area contributed by atoms with Gasteiger partial charge in [-0.25, -0.2) is 0 Å². The third kappa shape index (κ3) is 2.74. The smallest absolute Gasteiger partial charge is 0.0837 e. The average molecular weight is 279 g/mol. The predicted molar refractivity (Wildman–Crippen MR) is 79.9 cm³/mol. The van der Waals surface area contributed by atoms with Crippen LogP contribution >= 0.6 is 11.6 Å². The lowest BCUT2D eigenvalue weighted by Crippen LogP contribution is -2.21. The quantitative estimate of drug-likeness (QED) is 0.933. The largest absolute Gasteiger partial charge is 0.378 e. The van der Waals surface area contributed by atoms with Gasteiger partial charge in [0.25, 0.3) is 0 Å². The van der Waals surface area contributed by atoms with Gasteiger partial charge >= 0.3 is 0 Å². The highest BCUT2D eigenvalue weighted by Gasteiger charge is 2.19. The first kappa shape index (κ1) is 13.9. The Morgan fingerprint density at radius 3 is 2.63 bits per heavy atom. The van der Waals surface area contributed by atoms with Gasteiger partial charge in [-0.15, -0.1) is 0 Å². The van der Waals surface area contributed by atoms with Crippen molar-refractivity contribution in [1.82, 2.24) is 15.1 Å². The second-order valence-electron chi connectivity index (χ2n) is 4.71. The van der Waals surface area contributed by atoms with Crippen LogP contribution in [0.2, 0.25) is 5.02 Å². The van der Waals surface area contributed by atoms with Crippen LogP contribution in [0, 0.1) is 0 Å². The van der Waals surface area contributed by atoms with E-state index in [-0.39, 0.29) is 6.04 Å². The van der Waals surface area contributed by atoms with E-state index < -0.39 is 0 Å². The number of aromatic nitrogens is 2. The number of nitrogens with one attached hydrogen (secondary N) is 1. The van der Waals surface area contributed by atoms with Gasteiger partial charge in [0.2, 0.25) is 0 Å². The summed E-state index contributed by atoms with van der Waals surface area (Å²) < 4.78 is 1.81. The Balaban J connectivity index is 2.45. The first-order valence-electron chi connectivity index (χ1n) is 6.16. The van der Waals surface area contributed by atoms with Gasteiger partial charge in [-0.2, -0.15) is 5.10 Å². The van der Waals surface area contributed by atoms with Crippen molar-refractivity contribution in [2.75, 3.05) is 26.0 Å². The molecule has 0 aliphatic rings. The summed E-state index contributed by atoms with van der Waals surface area (Å²) in [4.78, 5) is 2.08. The molecule has 1 atom stereocenters. The van der Waals surface area contributed by atoms with Crippen molar-refractivity contribution in [1.29, 1.82) is 0 Å². The van der Waals surface area contributed by atoms with E-state index in [0.29, 0.717) is 5.02 Å². The first-order chi connectivity index (χ1) is 9.04. The molecule has 1 aromatic carbocycles. The lowest BCUT2D eigenvalue weighted by molar-refractivity contribution is 0.606. The van der Waals surface area contributed by atoms with Crippen molar-refractivity contribution in [2.24, 2.45) is 7.05 Å². The average Bonchev–Trinajstić information content (AvgIpc) is 2.72. The monoisotopic (exact) mass is 278 g/mol. The van der Waals surface area contributed by atoms with Gasteiger partial charge in [0.1, 0.15) is 0 Å². The van der Waals surface area contributed by atoms with E-state index in [1.165, 1.54) is 5.56 Å². The molecule has 0 bridgehead atoms. The number of aryl methyl sites for hydroxylation is 1. The number of rotatable bonds is 4. The molecule has 1 heterocycles. The molecular formula is C14H19ClN4. The van der Waals surface area contributed by atoms with Crippen molar-refractivity contribution in [3.8, 4) is 0 Å². The molecule has 4 nitrogen and oxygen atoms in total. The lowest BCUT2D eigenvalue weighted by Gasteiger charge is -2.20. The van der Waals surface area contributed by atoms with E-state index in [9.17, 15) is 0 Å². The van der Waals surface area contributed by atoms with Gasteiger partial charge in [-0.05, 0) is 24.7 Å². The van der Waals surface area contributed by atoms with E-state index in [0.717, 1.165) is 11.4 Å². The van der Waals surface area contributed by atoms with Crippen LogP contribution in [0.4, 0.5) is 5.69 Å². The number of hydrogen-bond donors (Lipinski definition) is 1. The first-order valence-corrected chi connectivity index (χ1v) is 6.54. The molecule has 0 saturated carbocycles. The third-order valence-corrected chi connectivity index (χ3v) is 3.51. The fourth-order valence-corrected chi connectivity index (χ4v) is 2.46. The highest BCUT2D eigenvalue weighted by molar-refractivity contribution is 6.31. The van der Waals surface area contributed by atoms with Crippen LogP contribution in [0.25, 0.3) is 0 Å². The van der Waals surface area contributed by atoms with Gasteiger partial charge in [-0.3, -0.25) is 4.68 Å². The van der Waals surface area contributed by atoms with Gasteiger partial charge in [0.05, 0.1) is 23.0 Å². The van der Waals surface area contributed by atoms with Crippen LogP contribution in [0.3, 0.4) is 0 Å². The van der Waals surface area contributed by atoms with Crippen LogP contribution in [0.5, 0.6) is 0 Å². The van der Waals surface area contributed by atoms with Crippen LogP contribution < -0.4 is 10.2 Å². The second-order valence-corrected chi connectivity index (χ2v) is 5.12. The van der Waals surface area contributed by atoms with E-state index >= 15 is 0 Å². The van der Waals surface area contributed by atoms with Crippen molar-refractivity contribution >= 4 is 17.3 Å². The molecule has 5 heteroatoms. The molecule has 0 aliphatic heterocycles. The van der Waals surface area contributed by atoms with Gasteiger partial charge < -0.3 is 10.2 Å². The number of benzene rings is 1. The SMILES string of the molecule is CNC(c1cccc(N(C)C)c1)c1c(Cl)cnn1C. The minimum Gasteiger partial charge on any atom is -0.378 e. The summed E-state index contributed by atoms with van der Waals surface area (Å²) in [6.07, 6.45) is 1.68. The van der Waals surface area contributed by atoms with Crippen molar-refractivity contribution in [3.05, 3.63) is 46.7 Å². The van der Waals surface area contributed by atoms with Crippen molar-refractivity contribution in [3.63, 3.8) is 0 Å². The second kappa shape index (κ2) is 5.63. The van der Waals surface area contributed by atoms with E-state index in [2.05, 4.69) is 39.6 Å². The lowest BCUT2D eigenvalue weighted by atomic mass is 10.0. The van der Waals surface area contributed by atoms with E-state index in [1.807, 2.05) is 32.9 Å². The Morgan fingerprint density at radius 2 is 2.11 bits per heavy atom. The summed E-state index contributed by atoms with van der Waals surface area (Å²) in [5.41, 5.74) is 3.30. The maximum Gasteiger partial charge on any atom is 0.0837 e. The molecule has 1 unspecified atom stereocenters. The molecule has 19 heavy (non-hydrogen) atoms. The Morgan fingerprint density at radius 1 is 1.37 bits per heavy atom. The fourth-order valence-electron chi connectivity index (χ4n) is 2.19. The van der Waals surface area contributed by atoms with E-state index in [4.69, 9.17) is 11.6 Å². The Hall–Kier alpha value is -1.52. The molecule has 1 aromatic heterocycles. The molecule has 102 valence electrons. The van der Waals surface area contributed by atoms with E-state index in [1.54, 1.807) is 6.20 Å². The minimum absolute atomic E-state index is 0.0277. The zero-order valence-corrected chi connectivity index (χ0v) is 12.4. The van der Waals surface area contributed by atoms with Crippen LogP contribution in [0.1, 0.15) is 17.3 Å². The highest BCUT2D eigenvalue weighted by atomic mass is 35.5. The molecule has 0 fully saturated rings. The Labute approximate surface area is 119 Å². The molecule has 0 amide bonds. The highest BCUT2D eigenvalue weighted by Crippen LogP contribution is 2.29. The normalized spacial score (nSPS) is 12.5. The third-order valence-electron chi connectivity index (χ3n) is 3.22. The predicted octanol–water partition coefficient (Wildman–Crippen LogP) is 2.45.